The molecular weight excluding hydrogens is 200 g/mol. The summed E-state index contributed by atoms with van der Waals surface area (Å²) in [7, 11) is 0. The number of carbonyl (C=O) groups excluding carboxylic acids is 1. The van der Waals surface area contributed by atoms with Gasteiger partial charge in [-0.05, 0) is 19.8 Å². The predicted molar refractivity (Wildman–Crippen MR) is 52.4 cm³/mol. The number of amides is 2. The van der Waals surface area contributed by atoms with Gasteiger partial charge in [-0.25, -0.2) is 4.79 Å². The Morgan fingerprint density at radius 1 is 1.40 bits per heavy atom. The van der Waals surface area contributed by atoms with Gasteiger partial charge in [0.1, 0.15) is 6.04 Å². The first kappa shape index (κ1) is 11.8. The van der Waals surface area contributed by atoms with Crippen molar-refractivity contribution in [2.45, 2.75) is 31.9 Å². The van der Waals surface area contributed by atoms with Crippen molar-refractivity contribution in [1.29, 1.82) is 0 Å². The molecule has 1 aliphatic heterocycles. The van der Waals surface area contributed by atoms with E-state index in [2.05, 4.69) is 5.32 Å². The van der Waals surface area contributed by atoms with Crippen LogP contribution >= 0.6 is 0 Å². The number of nitrogens with one attached hydrogen (secondary N) is 1. The van der Waals surface area contributed by atoms with E-state index in [1.54, 1.807) is 4.90 Å². The molecule has 1 aliphatic rings. The lowest BCUT2D eigenvalue weighted by Crippen LogP contribution is -2.49. The summed E-state index contributed by atoms with van der Waals surface area (Å²) in [6.45, 7) is 2.50. The third-order valence-electron chi connectivity index (χ3n) is 2.49. The molecule has 86 valence electrons. The van der Waals surface area contributed by atoms with Gasteiger partial charge in [0.05, 0.1) is 6.10 Å². The van der Waals surface area contributed by atoms with Crippen molar-refractivity contribution in [3.63, 3.8) is 0 Å². The Bertz CT molecular complexity index is 248. The maximum absolute atomic E-state index is 11.7. The second-order valence-corrected chi connectivity index (χ2v) is 3.73. The highest BCUT2D eigenvalue weighted by Gasteiger charge is 2.25. The standard InChI is InChI=1S/C9H16N2O4/c1-6(10-9(14)15)8(13)11-4-2-7(12)3-5-11/h6-7,10,12H,2-5H2,1H3,(H,14,15)/t6-/m0/s1. The molecule has 15 heavy (non-hydrogen) atoms. The highest BCUT2D eigenvalue weighted by Crippen LogP contribution is 2.10. The highest BCUT2D eigenvalue weighted by atomic mass is 16.4. The summed E-state index contributed by atoms with van der Waals surface area (Å²) in [4.78, 5) is 23.6. The van der Waals surface area contributed by atoms with Crippen LogP contribution in [0.2, 0.25) is 0 Å². The Kier molecular flexibility index (Phi) is 3.90. The van der Waals surface area contributed by atoms with Gasteiger partial charge in [0, 0.05) is 13.1 Å². The molecule has 1 atom stereocenters. The van der Waals surface area contributed by atoms with Gasteiger partial charge < -0.3 is 20.4 Å². The smallest absolute Gasteiger partial charge is 0.405 e. The zero-order valence-corrected chi connectivity index (χ0v) is 8.64. The lowest BCUT2D eigenvalue weighted by Gasteiger charge is -2.31. The maximum Gasteiger partial charge on any atom is 0.405 e. The molecular formula is C9H16N2O4. The van der Waals surface area contributed by atoms with Crippen LogP contribution in [0.3, 0.4) is 0 Å². The minimum atomic E-state index is -1.20. The van der Waals surface area contributed by atoms with Crippen LogP contribution in [-0.2, 0) is 4.79 Å². The summed E-state index contributed by atoms with van der Waals surface area (Å²) in [6.07, 6.45) is -0.415. The van der Waals surface area contributed by atoms with Gasteiger partial charge in [0.2, 0.25) is 5.91 Å². The topological polar surface area (TPSA) is 89.9 Å². The van der Waals surface area contributed by atoms with E-state index < -0.39 is 12.1 Å². The molecule has 0 spiro atoms. The van der Waals surface area contributed by atoms with E-state index in [-0.39, 0.29) is 12.0 Å². The van der Waals surface area contributed by atoms with Crippen molar-refractivity contribution in [2.75, 3.05) is 13.1 Å². The maximum atomic E-state index is 11.7. The van der Waals surface area contributed by atoms with E-state index >= 15 is 0 Å². The van der Waals surface area contributed by atoms with Gasteiger partial charge in [-0.1, -0.05) is 0 Å². The molecule has 3 N–H and O–H groups in total. The summed E-state index contributed by atoms with van der Waals surface area (Å²) in [5.41, 5.74) is 0. The number of carbonyl (C=O) groups is 2. The van der Waals surface area contributed by atoms with Crippen LogP contribution < -0.4 is 5.32 Å². The van der Waals surface area contributed by atoms with Crippen LogP contribution in [0.25, 0.3) is 0 Å². The Morgan fingerprint density at radius 2 is 1.93 bits per heavy atom. The van der Waals surface area contributed by atoms with Crippen molar-refractivity contribution < 1.29 is 19.8 Å². The summed E-state index contributed by atoms with van der Waals surface area (Å²) in [5.74, 6) is -0.232. The number of aliphatic hydroxyl groups is 1. The predicted octanol–water partition coefficient (Wildman–Crippen LogP) is -0.374. The summed E-state index contributed by atoms with van der Waals surface area (Å²) in [5, 5.41) is 19.8. The number of hydrogen-bond acceptors (Lipinski definition) is 3. The van der Waals surface area contributed by atoms with Gasteiger partial charge in [0.15, 0.2) is 0 Å². The van der Waals surface area contributed by atoms with Crippen molar-refractivity contribution in [3.8, 4) is 0 Å². The average molecular weight is 216 g/mol. The molecule has 1 heterocycles. The molecule has 6 heteroatoms. The molecule has 1 rings (SSSR count). The van der Waals surface area contributed by atoms with Crippen LogP contribution in [0, 0.1) is 0 Å². The van der Waals surface area contributed by atoms with Gasteiger partial charge in [0.25, 0.3) is 0 Å². The quantitative estimate of drug-likeness (QED) is 0.587. The monoisotopic (exact) mass is 216 g/mol. The normalized spacial score (nSPS) is 19.7. The second kappa shape index (κ2) is 4.97. The molecule has 0 unspecified atom stereocenters. The summed E-state index contributed by atoms with van der Waals surface area (Å²) < 4.78 is 0. The third kappa shape index (κ3) is 3.39. The van der Waals surface area contributed by atoms with Crippen molar-refractivity contribution in [3.05, 3.63) is 0 Å². The molecule has 2 amide bonds. The number of piperidine rings is 1. The van der Waals surface area contributed by atoms with Gasteiger partial charge in [-0.3, -0.25) is 4.79 Å². The Morgan fingerprint density at radius 3 is 2.40 bits per heavy atom. The van der Waals surface area contributed by atoms with Gasteiger partial charge in [-0.2, -0.15) is 0 Å². The molecule has 0 radical (unpaired) electrons. The largest absolute Gasteiger partial charge is 0.465 e. The zero-order chi connectivity index (χ0) is 11.4. The van der Waals surface area contributed by atoms with Gasteiger partial charge >= 0.3 is 6.09 Å². The molecule has 6 nitrogen and oxygen atoms in total. The van der Waals surface area contributed by atoms with E-state index in [0.717, 1.165) is 0 Å². The Hall–Kier alpha value is -1.30. The molecule has 1 fully saturated rings. The van der Waals surface area contributed by atoms with E-state index in [0.29, 0.717) is 25.9 Å². The number of likely N-dealkylation sites (tertiary alicyclic amines) is 1. The first-order chi connectivity index (χ1) is 7.00. The number of nitrogens with zero attached hydrogens (tertiary/aromatic N) is 1. The van der Waals surface area contributed by atoms with Crippen LogP contribution in [0.5, 0.6) is 0 Å². The molecule has 0 saturated carbocycles. The van der Waals surface area contributed by atoms with Crippen LogP contribution in [0.4, 0.5) is 4.79 Å². The van der Waals surface area contributed by atoms with Crippen LogP contribution in [0.1, 0.15) is 19.8 Å². The molecule has 0 bridgehead atoms. The third-order valence-corrected chi connectivity index (χ3v) is 2.49. The molecule has 0 aliphatic carbocycles. The fraction of sp³-hybridized carbons (Fsp3) is 0.778. The zero-order valence-electron chi connectivity index (χ0n) is 8.64. The lowest BCUT2D eigenvalue weighted by molar-refractivity contribution is -0.134. The number of aliphatic hydroxyl groups excluding tert-OH is 1. The minimum absolute atomic E-state index is 0.232. The first-order valence-electron chi connectivity index (χ1n) is 4.97. The summed E-state index contributed by atoms with van der Waals surface area (Å²) in [6, 6.07) is -0.724. The van der Waals surface area contributed by atoms with Gasteiger partial charge in [-0.15, -0.1) is 0 Å². The fourth-order valence-electron chi connectivity index (χ4n) is 1.61. The van der Waals surface area contributed by atoms with E-state index in [1.807, 2.05) is 0 Å². The first-order valence-corrected chi connectivity index (χ1v) is 4.97. The lowest BCUT2D eigenvalue weighted by atomic mass is 10.1. The van der Waals surface area contributed by atoms with E-state index in [9.17, 15) is 14.7 Å². The number of hydrogen-bond donors (Lipinski definition) is 3. The summed E-state index contributed by atoms with van der Waals surface area (Å²) >= 11 is 0. The Balaban J connectivity index is 2.42. The molecule has 0 aromatic rings. The van der Waals surface area contributed by atoms with E-state index in [1.165, 1.54) is 6.92 Å². The number of carboxylic acid groups (broad SMARTS) is 1. The van der Waals surface area contributed by atoms with Crippen LogP contribution in [0.15, 0.2) is 0 Å². The minimum Gasteiger partial charge on any atom is -0.465 e. The average Bonchev–Trinajstić information content (AvgIpc) is 2.17. The second-order valence-electron chi connectivity index (χ2n) is 3.73. The fourth-order valence-corrected chi connectivity index (χ4v) is 1.61. The van der Waals surface area contributed by atoms with Crippen molar-refractivity contribution in [1.82, 2.24) is 10.2 Å². The highest BCUT2D eigenvalue weighted by molar-refractivity contribution is 5.84. The van der Waals surface area contributed by atoms with Crippen molar-refractivity contribution in [2.24, 2.45) is 0 Å². The van der Waals surface area contributed by atoms with E-state index in [4.69, 9.17) is 5.11 Å². The molecule has 0 aromatic heterocycles. The van der Waals surface area contributed by atoms with Crippen LogP contribution in [-0.4, -0.2) is 52.3 Å². The Labute approximate surface area is 87.9 Å². The molecule has 1 saturated heterocycles. The SMILES string of the molecule is C[C@H](NC(=O)O)C(=O)N1CCC(O)CC1. The number of rotatable bonds is 2. The van der Waals surface area contributed by atoms with Crippen molar-refractivity contribution >= 4 is 12.0 Å². The molecule has 0 aromatic carbocycles.